The van der Waals surface area contributed by atoms with E-state index >= 15 is 0 Å². The van der Waals surface area contributed by atoms with Gasteiger partial charge in [0.2, 0.25) is 0 Å². The SMILES string of the molecule is CCNC(CC(CC)CC)CC1CN(C)CCN1C. The van der Waals surface area contributed by atoms with Crippen LogP contribution in [0.4, 0.5) is 0 Å². The first-order valence-electron chi connectivity index (χ1n) is 8.22. The molecule has 114 valence electrons. The smallest absolute Gasteiger partial charge is 0.0235 e. The van der Waals surface area contributed by atoms with Gasteiger partial charge in [0.05, 0.1) is 0 Å². The number of hydrogen-bond donors (Lipinski definition) is 1. The van der Waals surface area contributed by atoms with Crippen molar-refractivity contribution < 1.29 is 0 Å². The zero-order valence-corrected chi connectivity index (χ0v) is 13.8. The second-order valence-electron chi connectivity index (χ2n) is 6.31. The van der Waals surface area contributed by atoms with Crippen LogP contribution < -0.4 is 5.32 Å². The summed E-state index contributed by atoms with van der Waals surface area (Å²) in [6.45, 7) is 11.6. The first kappa shape index (κ1) is 16.9. The zero-order valence-electron chi connectivity index (χ0n) is 13.8. The van der Waals surface area contributed by atoms with Gasteiger partial charge in [-0.25, -0.2) is 0 Å². The molecule has 0 saturated carbocycles. The molecule has 1 heterocycles. The van der Waals surface area contributed by atoms with Crippen molar-refractivity contribution in [3.05, 3.63) is 0 Å². The molecule has 0 aromatic heterocycles. The second-order valence-corrected chi connectivity index (χ2v) is 6.31. The van der Waals surface area contributed by atoms with Crippen molar-refractivity contribution in [2.24, 2.45) is 5.92 Å². The lowest BCUT2D eigenvalue weighted by Gasteiger charge is -2.40. The van der Waals surface area contributed by atoms with Crippen molar-refractivity contribution in [2.45, 2.75) is 58.5 Å². The first-order valence-corrected chi connectivity index (χ1v) is 8.22. The minimum Gasteiger partial charge on any atom is -0.314 e. The van der Waals surface area contributed by atoms with Gasteiger partial charge in [0.15, 0.2) is 0 Å². The van der Waals surface area contributed by atoms with Gasteiger partial charge in [-0.05, 0) is 39.4 Å². The van der Waals surface area contributed by atoms with Crippen LogP contribution >= 0.6 is 0 Å². The predicted molar refractivity (Wildman–Crippen MR) is 84.7 cm³/mol. The average molecular weight is 269 g/mol. The van der Waals surface area contributed by atoms with Gasteiger partial charge in [-0.2, -0.15) is 0 Å². The Bertz CT molecular complexity index is 228. The molecule has 0 amide bonds. The molecule has 1 aliphatic rings. The molecule has 3 nitrogen and oxygen atoms in total. The van der Waals surface area contributed by atoms with Gasteiger partial charge < -0.3 is 15.1 Å². The molecular formula is C16H35N3. The van der Waals surface area contributed by atoms with E-state index in [4.69, 9.17) is 0 Å². The van der Waals surface area contributed by atoms with E-state index in [-0.39, 0.29) is 0 Å². The quantitative estimate of drug-likeness (QED) is 0.730. The summed E-state index contributed by atoms with van der Waals surface area (Å²) in [5.74, 6) is 0.885. The normalized spacial score (nSPS) is 24.0. The van der Waals surface area contributed by atoms with Gasteiger partial charge in [-0.3, -0.25) is 0 Å². The van der Waals surface area contributed by atoms with Crippen LogP contribution in [0.5, 0.6) is 0 Å². The van der Waals surface area contributed by atoms with Crippen molar-refractivity contribution in [1.29, 1.82) is 0 Å². The minimum atomic E-state index is 0.689. The maximum Gasteiger partial charge on any atom is 0.0235 e. The molecule has 19 heavy (non-hydrogen) atoms. The van der Waals surface area contributed by atoms with E-state index in [1.54, 1.807) is 0 Å². The standard InChI is InChI=1S/C16H35N3/c1-6-14(7-2)11-15(17-8-3)12-16-13-18(4)9-10-19(16)5/h14-17H,6-13H2,1-5H3. The van der Waals surface area contributed by atoms with Crippen molar-refractivity contribution in [3.8, 4) is 0 Å². The molecule has 3 heteroatoms. The summed E-state index contributed by atoms with van der Waals surface area (Å²) >= 11 is 0. The molecule has 2 unspecified atom stereocenters. The molecule has 1 fully saturated rings. The van der Waals surface area contributed by atoms with Gasteiger partial charge in [0.1, 0.15) is 0 Å². The van der Waals surface area contributed by atoms with E-state index in [9.17, 15) is 0 Å². The van der Waals surface area contributed by atoms with Crippen LogP contribution in [0.2, 0.25) is 0 Å². The number of likely N-dealkylation sites (N-methyl/N-ethyl adjacent to an activating group) is 2. The molecule has 0 aromatic carbocycles. The van der Waals surface area contributed by atoms with Gasteiger partial charge in [0.25, 0.3) is 0 Å². The Morgan fingerprint density at radius 3 is 2.37 bits per heavy atom. The van der Waals surface area contributed by atoms with E-state index in [1.165, 1.54) is 45.3 Å². The molecule has 0 radical (unpaired) electrons. The highest BCUT2D eigenvalue weighted by molar-refractivity contribution is 4.84. The Morgan fingerprint density at radius 1 is 1.11 bits per heavy atom. The number of nitrogens with one attached hydrogen (secondary N) is 1. The van der Waals surface area contributed by atoms with E-state index in [0.717, 1.165) is 18.5 Å². The lowest BCUT2D eigenvalue weighted by Crippen LogP contribution is -2.52. The highest BCUT2D eigenvalue weighted by Gasteiger charge is 2.25. The first-order chi connectivity index (χ1) is 9.10. The summed E-state index contributed by atoms with van der Waals surface area (Å²) in [6, 6.07) is 1.41. The maximum absolute atomic E-state index is 3.72. The Hall–Kier alpha value is -0.120. The van der Waals surface area contributed by atoms with Crippen molar-refractivity contribution in [2.75, 3.05) is 40.3 Å². The van der Waals surface area contributed by atoms with E-state index in [0.29, 0.717) is 6.04 Å². The lowest BCUT2D eigenvalue weighted by molar-refractivity contribution is 0.0982. The lowest BCUT2D eigenvalue weighted by atomic mass is 9.90. The summed E-state index contributed by atoms with van der Waals surface area (Å²) in [5.41, 5.74) is 0. The molecule has 0 spiro atoms. The van der Waals surface area contributed by atoms with Crippen LogP contribution in [0.25, 0.3) is 0 Å². The minimum absolute atomic E-state index is 0.689. The molecule has 2 atom stereocenters. The number of hydrogen-bond acceptors (Lipinski definition) is 3. The zero-order chi connectivity index (χ0) is 14.3. The van der Waals surface area contributed by atoms with Gasteiger partial charge >= 0.3 is 0 Å². The fraction of sp³-hybridized carbons (Fsp3) is 1.00. The topological polar surface area (TPSA) is 18.5 Å². The number of piperazine rings is 1. The Kier molecular flexibility index (Phi) is 7.96. The number of rotatable bonds is 8. The molecular weight excluding hydrogens is 234 g/mol. The van der Waals surface area contributed by atoms with Crippen LogP contribution in [0, 0.1) is 5.92 Å². The monoisotopic (exact) mass is 269 g/mol. The highest BCUT2D eigenvalue weighted by atomic mass is 15.3. The van der Waals surface area contributed by atoms with Crippen LogP contribution in [0.15, 0.2) is 0 Å². The van der Waals surface area contributed by atoms with E-state index < -0.39 is 0 Å². The molecule has 0 bridgehead atoms. The fourth-order valence-corrected chi connectivity index (χ4v) is 3.26. The third kappa shape index (κ3) is 5.80. The third-order valence-electron chi connectivity index (χ3n) is 4.80. The Labute approximate surface area is 120 Å². The van der Waals surface area contributed by atoms with Crippen molar-refractivity contribution in [1.82, 2.24) is 15.1 Å². The Morgan fingerprint density at radius 2 is 1.79 bits per heavy atom. The fourth-order valence-electron chi connectivity index (χ4n) is 3.26. The summed E-state index contributed by atoms with van der Waals surface area (Å²) in [4.78, 5) is 5.03. The van der Waals surface area contributed by atoms with Gasteiger partial charge in [-0.15, -0.1) is 0 Å². The summed E-state index contributed by atoms with van der Waals surface area (Å²) in [5, 5.41) is 3.72. The molecule has 1 N–H and O–H groups in total. The van der Waals surface area contributed by atoms with Crippen LogP contribution in [-0.2, 0) is 0 Å². The second kappa shape index (κ2) is 8.93. The van der Waals surface area contributed by atoms with E-state index in [1.807, 2.05) is 0 Å². The van der Waals surface area contributed by atoms with Crippen LogP contribution in [0.1, 0.15) is 46.5 Å². The third-order valence-corrected chi connectivity index (χ3v) is 4.80. The summed E-state index contributed by atoms with van der Waals surface area (Å²) < 4.78 is 0. The molecule has 0 aromatic rings. The van der Waals surface area contributed by atoms with Gasteiger partial charge in [-0.1, -0.05) is 33.6 Å². The molecule has 1 rings (SSSR count). The van der Waals surface area contributed by atoms with Gasteiger partial charge in [0, 0.05) is 31.7 Å². The number of nitrogens with zero attached hydrogens (tertiary/aromatic N) is 2. The predicted octanol–water partition coefficient (Wildman–Crippen LogP) is 2.43. The van der Waals surface area contributed by atoms with Crippen LogP contribution in [0.3, 0.4) is 0 Å². The molecule has 1 saturated heterocycles. The average Bonchev–Trinajstić information content (AvgIpc) is 2.40. The van der Waals surface area contributed by atoms with Crippen molar-refractivity contribution in [3.63, 3.8) is 0 Å². The largest absolute Gasteiger partial charge is 0.314 e. The summed E-state index contributed by atoms with van der Waals surface area (Å²) in [7, 11) is 4.54. The molecule has 1 aliphatic heterocycles. The molecule has 0 aliphatic carbocycles. The summed E-state index contributed by atoms with van der Waals surface area (Å²) in [6.07, 6.45) is 5.28. The van der Waals surface area contributed by atoms with Crippen molar-refractivity contribution >= 4 is 0 Å². The van der Waals surface area contributed by atoms with E-state index in [2.05, 4.69) is 50.0 Å². The maximum atomic E-state index is 3.72. The highest BCUT2D eigenvalue weighted by Crippen LogP contribution is 2.20. The Balaban J connectivity index is 2.51. The van der Waals surface area contributed by atoms with Crippen LogP contribution in [-0.4, -0.2) is 62.2 Å².